The first-order valence-electron chi connectivity index (χ1n) is 21.1. The molecule has 1 saturated heterocycles. The molecule has 0 saturated carbocycles. The van der Waals surface area contributed by atoms with Crippen LogP contribution in [0.4, 0.5) is 5.69 Å². The van der Waals surface area contributed by atoms with E-state index in [1.165, 1.54) is 11.1 Å². The van der Waals surface area contributed by atoms with Crippen LogP contribution in [0.25, 0.3) is 11.0 Å². The number of aliphatic carboxylic acids is 1. The molecule has 0 radical (unpaired) electrons. The van der Waals surface area contributed by atoms with E-state index in [2.05, 4.69) is 41.9 Å². The van der Waals surface area contributed by atoms with E-state index in [1.54, 1.807) is 70.2 Å². The summed E-state index contributed by atoms with van der Waals surface area (Å²) in [6, 6.07) is 7.52. The molecule has 12 N–H and O–H groups in total. The highest BCUT2D eigenvalue weighted by Gasteiger charge is 2.43. The second kappa shape index (κ2) is 23.3. The van der Waals surface area contributed by atoms with Crippen LogP contribution in [0.3, 0.4) is 0 Å². The Kier molecular flexibility index (Phi) is 18.0. The fraction of sp³-hybridized carbons (Fsp3) is 0.465. The Morgan fingerprint density at radius 3 is 2.14 bits per heavy atom. The molecule has 21 heteroatoms. The molecule has 2 heterocycles. The number of anilines is 1. The number of carboxylic acids is 1. The highest BCUT2D eigenvalue weighted by atomic mass is 16.4. The molecule has 21 nitrogen and oxygen atoms in total. The second-order valence-electron chi connectivity index (χ2n) is 15.8. The van der Waals surface area contributed by atoms with E-state index in [9.17, 15) is 43.5 Å². The predicted octanol–water partition coefficient (Wildman–Crippen LogP) is 0.280. The van der Waals surface area contributed by atoms with Gasteiger partial charge < -0.3 is 53.4 Å². The maximum atomic E-state index is 14.0. The SMILES string of the molecule is CCC(C)C(NC(=O)[C@@H](CCCNC(=N)N)NC(=O)[C@H](CC(=O)O)NC(=O)[C@H]([C@@H](C)CC)N1CCC(NC(=O)Cc2ccc(NC(=O)c3cnc4ccccc4n3)cc2)C1=O)C(N)=O. The quantitative estimate of drug-likeness (QED) is 0.0348. The maximum Gasteiger partial charge on any atom is 0.305 e. The number of fused-ring (bicyclic) bond motifs is 1. The number of hydrogen-bond donors (Lipinski definition) is 10. The summed E-state index contributed by atoms with van der Waals surface area (Å²) in [5.41, 5.74) is 13.3. The Labute approximate surface area is 370 Å². The summed E-state index contributed by atoms with van der Waals surface area (Å²) in [7, 11) is 0. The monoisotopic (exact) mass is 886 g/mol. The third-order valence-electron chi connectivity index (χ3n) is 11.1. The van der Waals surface area contributed by atoms with Crippen LogP contribution in [0.1, 0.15) is 82.3 Å². The highest BCUT2D eigenvalue weighted by Crippen LogP contribution is 2.23. The number of carbonyl (C=O) groups is 8. The number of amides is 7. The van der Waals surface area contributed by atoms with Gasteiger partial charge in [0.25, 0.3) is 5.91 Å². The number of nitrogens with two attached hydrogens (primary N) is 2. The number of para-hydroxylation sites is 2. The number of likely N-dealkylation sites (tertiary alicyclic amines) is 1. The van der Waals surface area contributed by atoms with Crippen LogP contribution in [-0.2, 0) is 40.0 Å². The Morgan fingerprint density at radius 2 is 1.52 bits per heavy atom. The van der Waals surface area contributed by atoms with Gasteiger partial charge in [-0.3, -0.25) is 48.7 Å². The number of benzene rings is 2. The number of carbonyl (C=O) groups excluding carboxylic acids is 7. The van der Waals surface area contributed by atoms with E-state index in [-0.39, 0.29) is 56.3 Å². The third kappa shape index (κ3) is 13.9. The number of aromatic nitrogens is 2. The first kappa shape index (κ1) is 49.5. The molecule has 344 valence electrons. The zero-order valence-corrected chi connectivity index (χ0v) is 36.3. The van der Waals surface area contributed by atoms with Crippen LogP contribution in [0.15, 0.2) is 54.7 Å². The van der Waals surface area contributed by atoms with Gasteiger partial charge in [0.15, 0.2) is 5.96 Å². The minimum Gasteiger partial charge on any atom is -0.481 e. The van der Waals surface area contributed by atoms with Crippen LogP contribution in [0.2, 0.25) is 0 Å². The van der Waals surface area contributed by atoms with Crippen molar-refractivity contribution in [2.75, 3.05) is 18.4 Å². The molecule has 1 aliphatic rings. The lowest BCUT2D eigenvalue weighted by molar-refractivity contribution is -0.144. The average molecular weight is 887 g/mol. The summed E-state index contributed by atoms with van der Waals surface area (Å²) in [5.74, 6) is -7.43. The summed E-state index contributed by atoms with van der Waals surface area (Å²) in [5, 5.41) is 32.8. The standard InChI is InChI=1S/C43H58N12O9/c1-5-23(3)35(37(44)59)54-38(60)29(12-9-18-47-43(45)46)52-39(61)31(21-34(57)58)53-41(63)36(24(4)6-2)55-19-17-30(42(55)64)51-33(56)20-25-13-15-26(16-14-25)49-40(62)32-22-48-27-10-7-8-11-28(27)50-32/h7-8,10-11,13-16,22-24,29-31,35-36H,5-6,9,12,17-21H2,1-4H3,(H2,44,59)(H,49,62)(H,51,56)(H,52,61)(H,53,63)(H,54,60)(H,57,58)(H4,45,46,47)/t23?,24-,29+,30?,31-,35?,36-/m0/s1. The molecule has 0 aliphatic carbocycles. The lowest BCUT2D eigenvalue weighted by atomic mass is 9.96. The summed E-state index contributed by atoms with van der Waals surface area (Å²) < 4.78 is 0. The van der Waals surface area contributed by atoms with E-state index in [1.807, 2.05) is 6.07 Å². The average Bonchev–Trinajstić information content (AvgIpc) is 3.60. The number of hydrogen-bond acceptors (Lipinski definition) is 11. The van der Waals surface area contributed by atoms with Crippen molar-refractivity contribution in [1.29, 1.82) is 5.41 Å². The molecule has 4 rings (SSSR count). The molecule has 2 aromatic carbocycles. The van der Waals surface area contributed by atoms with Gasteiger partial charge in [0.2, 0.25) is 35.4 Å². The van der Waals surface area contributed by atoms with Crippen LogP contribution in [0.5, 0.6) is 0 Å². The van der Waals surface area contributed by atoms with Crippen LogP contribution in [0, 0.1) is 17.2 Å². The highest BCUT2D eigenvalue weighted by molar-refractivity contribution is 6.03. The van der Waals surface area contributed by atoms with Gasteiger partial charge >= 0.3 is 5.97 Å². The van der Waals surface area contributed by atoms with Crippen molar-refractivity contribution < 1.29 is 43.5 Å². The fourth-order valence-electron chi connectivity index (χ4n) is 7.14. The van der Waals surface area contributed by atoms with E-state index >= 15 is 0 Å². The zero-order chi connectivity index (χ0) is 47.1. The number of carboxylic acid groups (broad SMARTS) is 1. The lowest BCUT2D eigenvalue weighted by Gasteiger charge is -2.33. The second-order valence-corrected chi connectivity index (χ2v) is 15.8. The normalized spacial score (nSPS) is 16.3. The van der Waals surface area contributed by atoms with Crippen molar-refractivity contribution in [2.45, 2.75) is 103 Å². The molecule has 1 aliphatic heterocycles. The summed E-state index contributed by atoms with van der Waals surface area (Å²) in [6.07, 6.45) is 1.67. The van der Waals surface area contributed by atoms with E-state index in [0.29, 0.717) is 35.1 Å². The molecular weight excluding hydrogens is 829 g/mol. The van der Waals surface area contributed by atoms with Crippen molar-refractivity contribution in [2.24, 2.45) is 23.3 Å². The van der Waals surface area contributed by atoms with E-state index in [4.69, 9.17) is 16.9 Å². The first-order chi connectivity index (χ1) is 30.4. The van der Waals surface area contributed by atoms with Gasteiger partial charge in [-0.05, 0) is 60.9 Å². The van der Waals surface area contributed by atoms with Crippen molar-refractivity contribution in [3.05, 3.63) is 66.0 Å². The predicted molar refractivity (Wildman–Crippen MR) is 235 cm³/mol. The minimum absolute atomic E-state index is 0.0330. The molecule has 1 fully saturated rings. The molecule has 7 atom stereocenters. The van der Waals surface area contributed by atoms with Crippen molar-refractivity contribution >= 4 is 70.0 Å². The van der Waals surface area contributed by atoms with Gasteiger partial charge in [0.05, 0.1) is 30.1 Å². The summed E-state index contributed by atoms with van der Waals surface area (Å²) in [4.78, 5) is 115. The van der Waals surface area contributed by atoms with Gasteiger partial charge in [0.1, 0.15) is 35.9 Å². The van der Waals surface area contributed by atoms with Gasteiger partial charge in [-0.25, -0.2) is 4.98 Å². The van der Waals surface area contributed by atoms with Crippen molar-refractivity contribution in [1.82, 2.24) is 41.5 Å². The number of nitrogens with zero attached hydrogens (tertiary/aromatic N) is 3. The Bertz CT molecular complexity index is 2200. The van der Waals surface area contributed by atoms with Crippen LogP contribution in [-0.4, -0.2) is 117 Å². The van der Waals surface area contributed by atoms with Gasteiger partial charge in [-0.1, -0.05) is 64.8 Å². The van der Waals surface area contributed by atoms with Gasteiger partial charge in [-0.2, -0.15) is 0 Å². The summed E-state index contributed by atoms with van der Waals surface area (Å²) >= 11 is 0. The smallest absolute Gasteiger partial charge is 0.305 e. The van der Waals surface area contributed by atoms with E-state index < -0.39 is 89.9 Å². The topological polar surface area (TPSA) is 334 Å². The van der Waals surface area contributed by atoms with Crippen molar-refractivity contribution in [3.63, 3.8) is 0 Å². The zero-order valence-electron chi connectivity index (χ0n) is 36.3. The maximum absolute atomic E-state index is 14.0. The molecule has 3 aromatic rings. The Balaban J connectivity index is 1.40. The largest absolute Gasteiger partial charge is 0.481 e. The van der Waals surface area contributed by atoms with Crippen LogP contribution < -0.4 is 43.4 Å². The number of primary amides is 1. The first-order valence-corrected chi connectivity index (χ1v) is 21.1. The lowest BCUT2D eigenvalue weighted by Crippen LogP contribution is -2.60. The number of guanidine groups is 1. The fourth-order valence-corrected chi connectivity index (χ4v) is 7.14. The molecular formula is C43H58N12O9. The van der Waals surface area contributed by atoms with Gasteiger partial charge in [-0.15, -0.1) is 0 Å². The summed E-state index contributed by atoms with van der Waals surface area (Å²) in [6.45, 7) is 7.25. The molecule has 64 heavy (non-hydrogen) atoms. The molecule has 7 amide bonds. The third-order valence-corrected chi connectivity index (χ3v) is 11.1. The number of rotatable bonds is 23. The molecule has 0 spiro atoms. The number of nitrogens with one attached hydrogen (secondary N) is 7. The minimum atomic E-state index is -1.69. The van der Waals surface area contributed by atoms with E-state index in [0.717, 1.165) is 0 Å². The Morgan fingerprint density at radius 1 is 0.875 bits per heavy atom. The molecule has 3 unspecified atom stereocenters. The molecule has 0 bridgehead atoms. The Hall–Kier alpha value is -7.19. The van der Waals surface area contributed by atoms with Crippen LogP contribution >= 0.6 is 0 Å². The van der Waals surface area contributed by atoms with Gasteiger partial charge in [0, 0.05) is 18.8 Å². The molecule has 1 aromatic heterocycles. The van der Waals surface area contributed by atoms with Crippen molar-refractivity contribution in [3.8, 4) is 0 Å².